The van der Waals surface area contributed by atoms with E-state index in [9.17, 15) is 0 Å². The number of benzene rings is 1. The van der Waals surface area contributed by atoms with Gasteiger partial charge in [-0.1, -0.05) is 12.1 Å². The molecule has 0 unspecified atom stereocenters. The lowest BCUT2D eigenvalue weighted by atomic mass is 10.1. The zero-order valence-corrected chi connectivity index (χ0v) is 10.5. The van der Waals surface area contributed by atoms with Gasteiger partial charge < -0.3 is 10.5 Å². The van der Waals surface area contributed by atoms with Gasteiger partial charge in [0.15, 0.2) is 0 Å². The molecule has 3 nitrogen and oxygen atoms in total. The Labute approximate surface area is 102 Å². The summed E-state index contributed by atoms with van der Waals surface area (Å²) in [6, 6.07) is 7.95. The molecule has 1 heterocycles. The van der Waals surface area contributed by atoms with Crippen LogP contribution in [0.3, 0.4) is 0 Å². The maximum absolute atomic E-state index is 6.02. The van der Waals surface area contributed by atoms with Crippen LogP contribution in [0.5, 0.6) is 5.75 Å². The van der Waals surface area contributed by atoms with Crippen LogP contribution in [0.2, 0.25) is 0 Å². The van der Waals surface area contributed by atoms with Gasteiger partial charge in [-0.15, -0.1) is 0 Å². The van der Waals surface area contributed by atoms with Crippen molar-refractivity contribution in [3.63, 3.8) is 0 Å². The Bertz CT molecular complexity index is 529. The number of fused-ring (bicyclic) bond motifs is 1. The van der Waals surface area contributed by atoms with Gasteiger partial charge in [-0.3, -0.25) is 4.98 Å². The minimum Gasteiger partial charge on any atom is -0.487 e. The maximum atomic E-state index is 6.02. The van der Waals surface area contributed by atoms with Gasteiger partial charge in [0.1, 0.15) is 11.4 Å². The molecule has 0 saturated carbocycles. The third-order valence-electron chi connectivity index (χ3n) is 2.43. The van der Waals surface area contributed by atoms with Crippen LogP contribution in [-0.4, -0.2) is 10.6 Å². The fourth-order valence-corrected chi connectivity index (χ4v) is 1.73. The van der Waals surface area contributed by atoms with E-state index in [0.29, 0.717) is 6.54 Å². The molecule has 90 valence electrons. The van der Waals surface area contributed by atoms with E-state index in [0.717, 1.165) is 22.2 Å². The zero-order valence-electron chi connectivity index (χ0n) is 10.5. The highest BCUT2D eigenvalue weighted by Gasteiger charge is 2.17. The largest absolute Gasteiger partial charge is 0.487 e. The molecule has 0 bridgehead atoms. The van der Waals surface area contributed by atoms with Gasteiger partial charge in [-0.05, 0) is 32.9 Å². The topological polar surface area (TPSA) is 48.1 Å². The summed E-state index contributed by atoms with van der Waals surface area (Å²) in [4.78, 5) is 4.38. The number of hydrogen-bond donors (Lipinski definition) is 1. The molecule has 0 aliphatic rings. The van der Waals surface area contributed by atoms with E-state index in [1.54, 1.807) is 6.20 Å². The second-order valence-corrected chi connectivity index (χ2v) is 5.05. The van der Waals surface area contributed by atoms with Crippen molar-refractivity contribution in [2.24, 2.45) is 5.73 Å². The molecule has 1 aromatic heterocycles. The lowest BCUT2D eigenvalue weighted by molar-refractivity contribution is 0.131. The number of nitrogens with two attached hydrogens (primary N) is 1. The summed E-state index contributed by atoms with van der Waals surface area (Å²) in [5.74, 6) is 0.852. The summed E-state index contributed by atoms with van der Waals surface area (Å²) in [6.07, 6.45) is 1.80. The standard InChI is InChI=1S/C14H18N2O/c1-14(2,3)17-13-10(8-15)9-16-12-7-5-4-6-11(12)13/h4-7,9H,8,15H2,1-3H3. The molecule has 0 radical (unpaired) electrons. The fraction of sp³-hybridized carbons (Fsp3) is 0.357. The lowest BCUT2D eigenvalue weighted by Gasteiger charge is -2.24. The number of rotatable bonds is 2. The summed E-state index contributed by atoms with van der Waals surface area (Å²) in [6.45, 7) is 6.52. The number of pyridine rings is 1. The Kier molecular flexibility index (Phi) is 3.03. The summed E-state index contributed by atoms with van der Waals surface area (Å²) in [7, 11) is 0. The first kappa shape index (κ1) is 11.9. The van der Waals surface area contributed by atoms with Crippen LogP contribution in [0.25, 0.3) is 10.9 Å². The summed E-state index contributed by atoms with van der Waals surface area (Å²) >= 11 is 0. The van der Waals surface area contributed by atoms with Crippen LogP contribution in [0.4, 0.5) is 0 Å². The lowest BCUT2D eigenvalue weighted by Crippen LogP contribution is -2.24. The van der Waals surface area contributed by atoms with Crippen molar-refractivity contribution in [3.8, 4) is 5.75 Å². The third-order valence-corrected chi connectivity index (χ3v) is 2.43. The maximum Gasteiger partial charge on any atom is 0.135 e. The first-order chi connectivity index (χ1) is 8.01. The van der Waals surface area contributed by atoms with Crippen LogP contribution in [0.1, 0.15) is 26.3 Å². The van der Waals surface area contributed by atoms with Crippen molar-refractivity contribution < 1.29 is 4.74 Å². The molecule has 0 aliphatic carbocycles. The van der Waals surface area contributed by atoms with E-state index in [-0.39, 0.29) is 5.60 Å². The highest BCUT2D eigenvalue weighted by molar-refractivity contribution is 5.86. The van der Waals surface area contributed by atoms with E-state index < -0.39 is 0 Å². The molecule has 0 saturated heterocycles. The van der Waals surface area contributed by atoms with E-state index >= 15 is 0 Å². The molecule has 0 fully saturated rings. The summed E-state index contributed by atoms with van der Waals surface area (Å²) in [5, 5.41) is 1.02. The molecule has 2 aromatic rings. The van der Waals surface area contributed by atoms with Crippen molar-refractivity contribution >= 4 is 10.9 Å². The molecule has 17 heavy (non-hydrogen) atoms. The smallest absolute Gasteiger partial charge is 0.135 e. The minimum atomic E-state index is -0.242. The zero-order chi connectivity index (χ0) is 12.5. The normalized spacial score (nSPS) is 11.8. The predicted molar refractivity (Wildman–Crippen MR) is 70.0 cm³/mol. The van der Waals surface area contributed by atoms with E-state index in [4.69, 9.17) is 10.5 Å². The Hall–Kier alpha value is -1.61. The first-order valence-corrected chi connectivity index (χ1v) is 5.77. The number of para-hydroxylation sites is 1. The number of ether oxygens (including phenoxy) is 1. The van der Waals surface area contributed by atoms with Gasteiger partial charge in [0, 0.05) is 23.7 Å². The molecular formula is C14H18N2O. The van der Waals surface area contributed by atoms with Crippen LogP contribution in [0.15, 0.2) is 30.5 Å². The Morgan fingerprint density at radius 1 is 1.24 bits per heavy atom. The van der Waals surface area contributed by atoms with Gasteiger partial charge in [0.05, 0.1) is 5.52 Å². The quantitative estimate of drug-likeness (QED) is 0.863. The Balaban J connectivity index is 2.63. The molecule has 2 N–H and O–H groups in total. The van der Waals surface area contributed by atoms with Gasteiger partial charge in [-0.25, -0.2) is 0 Å². The Morgan fingerprint density at radius 2 is 1.94 bits per heavy atom. The molecule has 0 aliphatic heterocycles. The van der Waals surface area contributed by atoms with Crippen molar-refractivity contribution in [2.45, 2.75) is 32.9 Å². The van der Waals surface area contributed by atoms with Gasteiger partial charge >= 0.3 is 0 Å². The monoisotopic (exact) mass is 230 g/mol. The highest BCUT2D eigenvalue weighted by atomic mass is 16.5. The van der Waals surface area contributed by atoms with Gasteiger partial charge in [0.25, 0.3) is 0 Å². The average Bonchev–Trinajstić information content (AvgIpc) is 2.28. The van der Waals surface area contributed by atoms with Crippen LogP contribution in [0, 0.1) is 0 Å². The molecule has 3 heteroatoms. The number of hydrogen-bond acceptors (Lipinski definition) is 3. The van der Waals surface area contributed by atoms with E-state index in [2.05, 4.69) is 4.98 Å². The molecule has 0 amide bonds. The number of nitrogens with zero attached hydrogens (tertiary/aromatic N) is 1. The second kappa shape index (κ2) is 4.34. The predicted octanol–water partition coefficient (Wildman–Crippen LogP) is 2.87. The highest BCUT2D eigenvalue weighted by Crippen LogP contribution is 2.30. The SMILES string of the molecule is CC(C)(C)Oc1c(CN)cnc2ccccc12. The minimum absolute atomic E-state index is 0.242. The third kappa shape index (κ3) is 2.56. The van der Waals surface area contributed by atoms with E-state index in [1.165, 1.54) is 0 Å². The Morgan fingerprint density at radius 3 is 2.59 bits per heavy atom. The van der Waals surface area contributed by atoms with Crippen molar-refractivity contribution in [1.82, 2.24) is 4.98 Å². The average molecular weight is 230 g/mol. The van der Waals surface area contributed by atoms with Gasteiger partial charge in [-0.2, -0.15) is 0 Å². The van der Waals surface area contributed by atoms with Crippen molar-refractivity contribution in [3.05, 3.63) is 36.0 Å². The molecule has 0 spiro atoms. The molecule has 0 atom stereocenters. The van der Waals surface area contributed by atoms with Crippen molar-refractivity contribution in [1.29, 1.82) is 0 Å². The fourth-order valence-electron chi connectivity index (χ4n) is 1.73. The first-order valence-electron chi connectivity index (χ1n) is 5.77. The van der Waals surface area contributed by atoms with Crippen LogP contribution >= 0.6 is 0 Å². The summed E-state index contributed by atoms with van der Waals surface area (Å²) < 4.78 is 6.02. The van der Waals surface area contributed by atoms with Gasteiger partial charge in [0.2, 0.25) is 0 Å². The van der Waals surface area contributed by atoms with Crippen molar-refractivity contribution in [2.75, 3.05) is 0 Å². The van der Waals surface area contributed by atoms with Crippen LogP contribution < -0.4 is 10.5 Å². The number of aromatic nitrogens is 1. The molecular weight excluding hydrogens is 212 g/mol. The second-order valence-electron chi connectivity index (χ2n) is 5.05. The molecule has 1 aromatic carbocycles. The van der Waals surface area contributed by atoms with Crippen LogP contribution in [-0.2, 0) is 6.54 Å². The van der Waals surface area contributed by atoms with E-state index in [1.807, 2.05) is 45.0 Å². The molecule has 2 rings (SSSR count). The summed E-state index contributed by atoms with van der Waals surface area (Å²) in [5.41, 5.74) is 7.38.